The van der Waals surface area contributed by atoms with Gasteiger partial charge in [0.2, 0.25) is 5.91 Å². The lowest BCUT2D eigenvalue weighted by Gasteiger charge is -2.48. The van der Waals surface area contributed by atoms with Crippen molar-refractivity contribution >= 4 is 121 Å². The zero-order valence-corrected chi connectivity index (χ0v) is 57.1. The number of nitrogens with zero attached hydrogens (tertiary/aromatic N) is 8. The molecule has 0 spiro atoms. The van der Waals surface area contributed by atoms with Crippen LogP contribution in [0.2, 0.25) is 0 Å². The van der Waals surface area contributed by atoms with E-state index in [9.17, 15) is 57.7 Å². The number of nitrogens with two attached hydrogens (primary N) is 1. The summed E-state index contributed by atoms with van der Waals surface area (Å²) >= 11 is 4.62. The minimum Gasteiger partial charge on any atom is -0.506 e. The molecular weight excluding hydrogens is 1420 g/mol. The molecule has 4 aliphatic rings. The van der Waals surface area contributed by atoms with Crippen LogP contribution < -0.4 is 27.0 Å². The Bertz CT molecular complexity index is 4600. The number of fused-ring (bicyclic) bond motifs is 15. The highest BCUT2D eigenvalue weighted by Crippen LogP contribution is 2.43. The number of aliphatic hydroxyl groups is 2. The molecule has 10 atom stereocenters. The number of hydrogen-bond donors (Lipinski definition) is 10. The van der Waals surface area contributed by atoms with Gasteiger partial charge in [-0.2, -0.15) is 17.9 Å². The molecule has 40 heteroatoms. The highest BCUT2D eigenvalue weighted by molar-refractivity contribution is 7.14. The maximum Gasteiger partial charge on any atom is 0.490 e. The number of aliphatic hydroxyl groups excluding tert-OH is 1. The van der Waals surface area contributed by atoms with E-state index in [2.05, 4.69) is 36.2 Å². The number of cyclic esters (lactones) is 2. The summed E-state index contributed by atoms with van der Waals surface area (Å²) in [6.07, 6.45) is -12.5. The molecule has 4 aliphatic heterocycles. The molecular formula is C60H58F3N13O19S5. The number of hydrogen-bond acceptors (Lipinski definition) is 30. The number of aromatic hydroxyl groups is 1. The molecule has 1 fully saturated rings. The number of aliphatic carboxylic acids is 1. The molecule has 12 bridgehead atoms. The number of carboxylic acids is 1. The fourth-order valence-corrected chi connectivity index (χ4v) is 15.7. The lowest BCUT2D eigenvalue weighted by Crippen LogP contribution is -2.62. The second-order valence-electron chi connectivity index (χ2n) is 23.2. The van der Waals surface area contributed by atoms with E-state index >= 15 is 9.59 Å². The highest BCUT2D eigenvalue weighted by Gasteiger charge is 2.50. The molecule has 528 valence electrons. The Morgan fingerprint density at radius 3 is 2.13 bits per heavy atom. The predicted molar refractivity (Wildman–Crippen MR) is 346 cm³/mol. The van der Waals surface area contributed by atoms with Crippen molar-refractivity contribution < 1.29 is 106 Å². The summed E-state index contributed by atoms with van der Waals surface area (Å²) in [7, 11) is 4.86. The van der Waals surface area contributed by atoms with Crippen LogP contribution in [0.25, 0.3) is 49.3 Å². The molecule has 8 aromatic rings. The number of halogens is 3. The number of primary amides is 1. The van der Waals surface area contributed by atoms with Crippen molar-refractivity contribution in [3.05, 3.63) is 112 Å². The van der Waals surface area contributed by atoms with E-state index in [-0.39, 0.29) is 105 Å². The second-order valence-corrected chi connectivity index (χ2v) is 27.6. The SMILES string of the molecule is CO/C(C)=C1/NC(=O)[C@H]([C@@H](C)O)NC(=O)c2csc(n2)-c2cc(O)c(-c3nc(C(N)=O)cs3)nc2-c2csc(n2)[C@@H]2COC(=O)c3c4c5c(cccc5n3O)COC(=O)[C@@H](O[C@H]3C[C@](C)(O)[C@H](N(C)C)[C@H](C)O3)[C@@H](OC4)[C@H](NC(=O)c3csc1n3)c1nc(cs1)C(=O)N2.O=C(O)C(F)(F)F. The number of aromatic nitrogens is 7. The summed E-state index contributed by atoms with van der Waals surface area (Å²) < 4.78 is 69.9. The average molecular weight is 1480 g/mol. The van der Waals surface area contributed by atoms with Crippen LogP contribution in [-0.4, -0.2) is 195 Å². The fraction of sp³-hybridized carbons (Fsp3) is 0.367. The van der Waals surface area contributed by atoms with E-state index < -0.39 is 145 Å². The van der Waals surface area contributed by atoms with Gasteiger partial charge in [0.1, 0.15) is 120 Å². The topological polar surface area (TPSA) is 453 Å². The molecule has 0 unspecified atom stereocenters. The fourth-order valence-electron chi connectivity index (χ4n) is 11.5. The highest BCUT2D eigenvalue weighted by atomic mass is 32.1. The molecule has 5 amide bonds. The number of esters is 2. The van der Waals surface area contributed by atoms with Crippen molar-refractivity contribution in [2.24, 2.45) is 5.73 Å². The van der Waals surface area contributed by atoms with Crippen LogP contribution in [0.15, 0.2) is 56.9 Å². The standard InChI is InChI=1S/C58H57N13O17S5.C2HF3O2/c1-21(72)37-50(78)68-38(22(2)83-7)53-64-32(20-92-53)49(77)69-41-43-44(88-35-12-58(4,81)45(70(5)6)23(3)87-35)57(80)85-13-24-9-8-10-33-36(24)26(14-84-43)42(71(33)82)56(79)86-15-27(60-47(75)30-19-93-55(41)65-30)52-61-28(16-90-52)39-25(51-63-31(18-89-51)48(76)67-37)11-34(73)40(66-39)54-62-29(17-91-54)46(59)74;3-2(4,5)1(6)7/h8-11,16-21,23,27,35,37,41,43-45,72-73,81-82H,12-15H2,1-7H3,(H2,59,74)(H,60,75)(H,67,76)(H,68,78)(H,69,77);(H,6,7)/b38-22+;/t21-,23+,27+,35+,37+,41+,43+,44+,45-,58+;/m1./s1. The minimum absolute atomic E-state index is 0.00497. The van der Waals surface area contributed by atoms with E-state index in [1.807, 2.05) is 0 Å². The molecule has 11 heterocycles. The number of ether oxygens (including phenoxy) is 6. The van der Waals surface area contributed by atoms with E-state index in [4.69, 9.17) is 59.0 Å². The van der Waals surface area contributed by atoms with Crippen LogP contribution in [0, 0.1) is 0 Å². The molecule has 0 aliphatic carbocycles. The predicted octanol–water partition coefficient (Wildman–Crippen LogP) is 4.89. The largest absolute Gasteiger partial charge is 0.506 e. The number of alkyl halides is 3. The summed E-state index contributed by atoms with van der Waals surface area (Å²) in [6, 6.07) is 0.794. The first-order chi connectivity index (χ1) is 47.3. The summed E-state index contributed by atoms with van der Waals surface area (Å²) in [5, 5.41) is 72.3. The lowest BCUT2D eigenvalue weighted by atomic mass is 9.85. The maximum atomic E-state index is 15.1. The Balaban J connectivity index is 0.00000137. The van der Waals surface area contributed by atoms with Gasteiger partial charge in [0.25, 0.3) is 23.6 Å². The quantitative estimate of drug-likeness (QED) is 0.0576. The number of thiazole rings is 5. The Kier molecular flexibility index (Phi) is 20.5. The number of benzene rings is 1. The van der Waals surface area contributed by atoms with Crippen LogP contribution in [-0.2, 0) is 56.0 Å². The van der Waals surface area contributed by atoms with E-state index in [1.54, 1.807) is 50.4 Å². The van der Waals surface area contributed by atoms with Gasteiger partial charge in [0.05, 0.1) is 43.1 Å². The van der Waals surface area contributed by atoms with E-state index in [1.165, 1.54) is 54.6 Å². The first-order valence-electron chi connectivity index (χ1n) is 29.6. The van der Waals surface area contributed by atoms with Gasteiger partial charge in [-0.15, -0.1) is 56.7 Å². The molecule has 1 saturated heterocycles. The number of carbonyl (C=O) groups is 8. The number of likely N-dealkylation sites (N-methyl/N-ethyl adjacent to an activating group) is 1. The van der Waals surface area contributed by atoms with Gasteiger partial charge in [0.15, 0.2) is 18.1 Å². The van der Waals surface area contributed by atoms with Crippen LogP contribution in [0.3, 0.4) is 0 Å². The van der Waals surface area contributed by atoms with E-state index in [0.29, 0.717) is 10.3 Å². The monoisotopic (exact) mass is 1480 g/mol. The number of allylic oxidation sites excluding steroid dienone is 1. The lowest BCUT2D eigenvalue weighted by molar-refractivity contribution is -0.280. The normalized spacial score (nSPS) is 23.9. The summed E-state index contributed by atoms with van der Waals surface area (Å²) in [6.45, 7) is 4.33. The van der Waals surface area contributed by atoms with Gasteiger partial charge in [-0.05, 0) is 59.5 Å². The van der Waals surface area contributed by atoms with Crippen molar-refractivity contribution in [2.45, 2.75) is 114 Å². The Morgan fingerprint density at radius 1 is 0.840 bits per heavy atom. The minimum atomic E-state index is -5.08. The van der Waals surface area contributed by atoms with Crippen molar-refractivity contribution in [2.75, 3.05) is 27.8 Å². The number of rotatable bonds is 7. The number of methoxy groups -OCH3 is 1. The van der Waals surface area contributed by atoms with Crippen molar-refractivity contribution in [3.8, 4) is 38.4 Å². The van der Waals surface area contributed by atoms with Crippen LogP contribution in [0.5, 0.6) is 5.75 Å². The molecule has 100 heavy (non-hydrogen) atoms. The Labute approximate surface area is 581 Å². The summed E-state index contributed by atoms with van der Waals surface area (Å²) in [5.74, 6) is -9.83. The third kappa shape index (κ3) is 14.6. The molecule has 0 saturated carbocycles. The van der Waals surface area contributed by atoms with E-state index in [0.717, 1.165) is 56.7 Å². The number of nitrogens with one attached hydrogen (secondary N) is 4. The van der Waals surface area contributed by atoms with Crippen LogP contribution in [0.1, 0.15) is 125 Å². The van der Waals surface area contributed by atoms with Gasteiger partial charge in [0, 0.05) is 49.8 Å². The van der Waals surface area contributed by atoms with Gasteiger partial charge < -0.3 is 86.0 Å². The number of amides is 5. The van der Waals surface area contributed by atoms with Gasteiger partial charge in [-0.3, -0.25) is 24.0 Å². The third-order valence-corrected chi connectivity index (χ3v) is 20.5. The van der Waals surface area contributed by atoms with Crippen LogP contribution in [0.4, 0.5) is 13.2 Å². The second kappa shape index (κ2) is 28.6. The van der Waals surface area contributed by atoms with Gasteiger partial charge >= 0.3 is 24.1 Å². The zero-order chi connectivity index (χ0) is 72.1. The Morgan fingerprint density at radius 2 is 1.47 bits per heavy atom. The van der Waals surface area contributed by atoms with Gasteiger partial charge in [-0.1, -0.05) is 12.1 Å². The van der Waals surface area contributed by atoms with Crippen molar-refractivity contribution in [1.82, 2.24) is 60.8 Å². The summed E-state index contributed by atoms with van der Waals surface area (Å²) in [5.41, 5.74) is 3.15. The van der Waals surface area contributed by atoms with Crippen molar-refractivity contribution in [3.63, 3.8) is 0 Å². The number of carbonyl (C=O) groups excluding carboxylic acids is 7. The van der Waals surface area contributed by atoms with Gasteiger partial charge in [-0.25, -0.2) is 44.3 Å². The smallest absolute Gasteiger partial charge is 0.490 e. The molecule has 0 radical (unpaired) electrons. The average Bonchev–Trinajstić information content (AvgIpc) is 1.57. The Hall–Kier alpha value is -9.49. The van der Waals surface area contributed by atoms with Crippen LogP contribution >= 0.6 is 56.7 Å². The molecule has 12 rings (SSSR count). The first-order valence-corrected chi connectivity index (χ1v) is 34.0. The number of carboxylic acid groups (broad SMARTS) is 1. The summed E-state index contributed by atoms with van der Waals surface area (Å²) in [4.78, 5) is 139. The maximum absolute atomic E-state index is 15.1. The molecule has 32 nitrogen and oxygen atoms in total. The van der Waals surface area contributed by atoms with Crippen molar-refractivity contribution in [1.29, 1.82) is 0 Å². The third-order valence-electron chi connectivity index (χ3n) is 16.0. The zero-order valence-electron chi connectivity index (χ0n) is 53.0. The molecule has 1 aromatic carbocycles. The first kappa shape index (κ1) is 71.8. The molecule has 11 N–H and O–H groups in total. The number of pyridine rings is 1. The molecule has 7 aromatic heterocycles.